The summed E-state index contributed by atoms with van der Waals surface area (Å²) in [5.74, 6) is 1.60. The minimum absolute atomic E-state index is 0.0136. The van der Waals surface area contributed by atoms with E-state index in [0.29, 0.717) is 24.0 Å². The molecule has 188 valence electrons. The molecule has 0 saturated carbocycles. The second kappa shape index (κ2) is 13.9. The summed E-state index contributed by atoms with van der Waals surface area (Å²) in [6.45, 7) is 14.3. The standard InChI is InChI=1S/C26H39FN4O3/c1-7-11-26(6,12-10-20(2)3)30-33-19-23-17-31-18-24(16-21(4)25(31)29-23)34-28-14-8-9-22(5)32-15-13-27/h8-9,14,16-18,20,30H,5,7,10-13,15,19H2,1-4,6H3/b9-8-,28-14-. The van der Waals surface area contributed by atoms with E-state index in [2.05, 4.69) is 49.9 Å². The highest BCUT2D eigenvalue weighted by molar-refractivity contribution is 5.71. The van der Waals surface area contributed by atoms with Crippen LogP contribution in [-0.4, -0.2) is 34.4 Å². The lowest BCUT2D eigenvalue weighted by atomic mass is 9.89. The highest BCUT2D eigenvalue weighted by Crippen LogP contribution is 2.23. The van der Waals surface area contributed by atoms with Crippen molar-refractivity contribution in [1.29, 1.82) is 0 Å². The Kier molecular flexibility index (Phi) is 11.2. The molecule has 0 aliphatic rings. The molecular weight excluding hydrogens is 435 g/mol. The second-order valence-corrected chi connectivity index (χ2v) is 9.16. The number of imidazole rings is 1. The number of hydrogen-bond donors (Lipinski definition) is 1. The van der Waals surface area contributed by atoms with Crippen LogP contribution in [-0.2, 0) is 16.2 Å². The van der Waals surface area contributed by atoms with Gasteiger partial charge in [0.1, 0.15) is 31.3 Å². The Hall–Kier alpha value is -2.71. The van der Waals surface area contributed by atoms with Crippen LogP contribution in [0.5, 0.6) is 5.75 Å². The lowest BCUT2D eigenvalue weighted by molar-refractivity contribution is -0.0375. The van der Waals surface area contributed by atoms with Crippen molar-refractivity contribution >= 4 is 11.9 Å². The van der Waals surface area contributed by atoms with Crippen molar-refractivity contribution in [2.75, 3.05) is 13.3 Å². The predicted octanol–water partition coefficient (Wildman–Crippen LogP) is 6.08. The van der Waals surface area contributed by atoms with Gasteiger partial charge in [0.05, 0.1) is 18.1 Å². The van der Waals surface area contributed by atoms with E-state index in [1.54, 1.807) is 12.2 Å². The van der Waals surface area contributed by atoms with E-state index < -0.39 is 6.67 Å². The van der Waals surface area contributed by atoms with Crippen molar-refractivity contribution in [2.24, 2.45) is 11.1 Å². The van der Waals surface area contributed by atoms with E-state index in [4.69, 9.17) is 14.4 Å². The molecule has 7 nitrogen and oxygen atoms in total. The van der Waals surface area contributed by atoms with Crippen molar-refractivity contribution in [1.82, 2.24) is 14.9 Å². The first-order valence-electron chi connectivity index (χ1n) is 11.9. The van der Waals surface area contributed by atoms with Gasteiger partial charge >= 0.3 is 0 Å². The van der Waals surface area contributed by atoms with Crippen LogP contribution < -0.4 is 10.3 Å². The molecular formula is C26H39FN4O3. The number of allylic oxidation sites excluding steroid dienone is 2. The summed E-state index contributed by atoms with van der Waals surface area (Å²) >= 11 is 0. The number of hydrogen-bond acceptors (Lipinski definition) is 6. The molecule has 8 heteroatoms. The first-order valence-corrected chi connectivity index (χ1v) is 11.9. The van der Waals surface area contributed by atoms with Gasteiger partial charge in [-0.3, -0.25) is 4.84 Å². The van der Waals surface area contributed by atoms with Crippen LogP contribution in [0, 0.1) is 12.8 Å². The molecule has 1 N–H and O–H groups in total. The molecule has 34 heavy (non-hydrogen) atoms. The Morgan fingerprint density at radius 3 is 2.85 bits per heavy atom. The third kappa shape index (κ3) is 9.27. The van der Waals surface area contributed by atoms with Gasteiger partial charge in [0, 0.05) is 11.7 Å². The summed E-state index contributed by atoms with van der Waals surface area (Å²) in [4.78, 5) is 16.0. The third-order valence-electron chi connectivity index (χ3n) is 5.33. The molecule has 0 bridgehead atoms. The largest absolute Gasteiger partial charge is 0.491 e. The van der Waals surface area contributed by atoms with Crippen LogP contribution in [0.2, 0.25) is 0 Å². The van der Waals surface area contributed by atoms with Gasteiger partial charge in [-0.25, -0.2) is 9.37 Å². The fourth-order valence-corrected chi connectivity index (χ4v) is 3.57. The maximum absolute atomic E-state index is 12.1. The van der Waals surface area contributed by atoms with Crippen LogP contribution in [0.3, 0.4) is 0 Å². The van der Waals surface area contributed by atoms with Crippen LogP contribution in [0.15, 0.2) is 48.1 Å². The molecule has 0 amide bonds. The zero-order chi connectivity index (χ0) is 25.0. The van der Waals surface area contributed by atoms with E-state index >= 15 is 0 Å². The van der Waals surface area contributed by atoms with Gasteiger partial charge in [-0.1, -0.05) is 38.9 Å². The zero-order valence-corrected chi connectivity index (χ0v) is 21.1. The average Bonchev–Trinajstić information content (AvgIpc) is 3.20. The summed E-state index contributed by atoms with van der Waals surface area (Å²) in [5, 5.41) is 3.92. The lowest BCUT2D eigenvalue weighted by Crippen LogP contribution is -2.42. The Morgan fingerprint density at radius 1 is 1.35 bits per heavy atom. The summed E-state index contributed by atoms with van der Waals surface area (Å²) < 4.78 is 19.0. The Labute approximate surface area is 202 Å². The first-order chi connectivity index (χ1) is 16.3. The predicted molar refractivity (Wildman–Crippen MR) is 135 cm³/mol. The molecule has 0 spiro atoms. The Morgan fingerprint density at radius 2 is 2.15 bits per heavy atom. The molecule has 0 fully saturated rings. The second-order valence-electron chi connectivity index (χ2n) is 9.16. The van der Waals surface area contributed by atoms with Gasteiger partial charge in [0.2, 0.25) is 0 Å². The number of halogens is 1. The molecule has 2 aromatic heterocycles. The van der Waals surface area contributed by atoms with Crippen LogP contribution in [0.4, 0.5) is 4.39 Å². The third-order valence-corrected chi connectivity index (χ3v) is 5.33. The molecule has 0 aliphatic carbocycles. The zero-order valence-electron chi connectivity index (χ0n) is 21.1. The number of nitrogens with one attached hydrogen (secondary N) is 1. The number of ether oxygens (including phenoxy) is 1. The quantitative estimate of drug-likeness (QED) is 0.138. The van der Waals surface area contributed by atoms with Gasteiger partial charge < -0.3 is 14.0 Å². The SMILES string of the molecule is C=C(/C=C\C=N/Oc1cc(C)c2nc(CONC(C)(CCC)CCC(C)C)cn2c1)OCCF. The van der Waals surface area contributed by atoms with E-state index in [-0.39, 0.29) is 12.1 Å². The molecule has 2 rings (SSSR count). The average molecular weight is 475 g/mol. The number of alkyl halides is 1. The van der Waals surface area contributed by atoms with Gasteiger partial charge in [-0.2, -0.15) is 5.48 Å². The van der Waals surface area contributed by atoms with Crippen molar-refractivity contribution in [3.05, 3.63) is 54.2 Å². The van der Waals surface area contributed by atoms with Crippen molar-refractivity contribution in [3.8, 4) is 5.75 Å². The smallest absolute Gasteiger partial charge is 0.174 e. The number of hydroxylamine groups is 1. The molecule has 1 unspecified atom stereocenters. The van der Waals surface area contributed by atoms with Crippen LogP contribution in [0.1, 0.15) is 64.6 Å². The normalized spacial score (nSPS) is 13.9. The fourth-order valence-electron chi connectivity index (χ4n) is 3.57. The Balaban J connectivity index is 1.95. The minimum Gasteiger partial charge on any atom is -0.491 e. The van der Waals surface area contributed by atoms with E-state index in [1.165, 1.54) is 6.21 Å². The molecule has 1 atom stereocenters. The number of oxime groups is 1. The lowest BCUT2D eigenvalue weighted by Gasteiger charge is -2.30. The molecule has 0 aliphatic heterocycles. The summed E-state index contributed by atoms with van der Waals surface area (Å²) in [7, 11) is 0. The number of nitrogens with zero attached hydrogens (tertiary/aromatic N) is 3. The summed E-state index contributed by atoms with van der Waals surface area (Å²) in [6, 6.07) is 1.87. The number of fused-ring (bicyclic) bond motifs is 1. The number of aromatic nitrogens is 2. The number of rotatable bonds is 16. The summed E-state index contributed by atoms with van der Waals surface area (Å²) in [5.41, 5.74) is 5.88. The summed E-state index contributed by atoms with van der Waals surface area (Å²) in [6.07, 6.45) is 12.8. The van der Waals surface area contributed by atoms with E-state index in [9.17, 15) is 4.39 Å². The first kappa shape index (κ1) is 27.5. The maximum atomic E-state index is 12.1. The minimum atomic E-state index is -0.555. The topological polar surface area (TPSA) is 69.4 Å². The molecule has 0 aromatic carbocycles. The van der Waals surface area contributed by atoms with Gasteiger partial charge in [0.15, 0.2) is 5.75 Å². The maximum Gasteiger partial charge on any atom is 0.174 e. The molecule has 0 saturated heterocycles. The number of aryl methyl sites for hydroxylation is 1. The van der Waals surface area contributed by atoms with E-state index in [0.717, 1.165) is 42.6 Å². The molecule has 2 heterocycles. The van der Waals surface area contributed by atoms with Gasteiger partial charge in [-0.15, -0.1) is 0 Å². The highest BCUT2D eigenvalue weighted by Gasteiger charge is 2.23. The Bertz CT molecular complexity index is 970. The van der Waals surface area contributed by atoms with Gasteiger partial charge in [0.25, 0.3) is 0 Å². The van der Waals surface area contributed by atoms with Gasteiger partial charge in [-0.05, 0) is 62.8 Å². The van der Waals surface area contributed by atoms with Crippen LogP contribution in [0.25, 0.3) is 5.65 Å². The van der Waals surface area contributed by atoms with Crippen molar-refractivity contribution in [3.63, 3.8) is 0 Å². The molecule has 0 radical (unpaired) electrons. The van der Waals surface area contributed by atoms with Crippen molar-refractivity contribution < 1.29 is 18.8 Å². The highest BCUT2D eigenvalue weighted by atomic mass is 19.1. The monoisotopic (exact) mass is 474 g/mol. The van der Waals surface area contributed by atoms with Crippen molar-refractivity contribution in [2.45, 2.75) is 72.4 Å². The number of pyridine rings is 1. The van der Waals surface area contributed by atoms with E-state index in [1.807, 2.05) is 29.8 Å². The fraction of sp³-hybridized carbons (Fsp3) is 0.538. The molecule has 2 aromatic rings. The van der Waals surface area contributed by atoms with Crippen LogP contribution >= 0.6 is 0 Å².